The number of nitrogens with zero attached hydrogens (tertiary/aromatic N) is 2. The van der Waals surface area contributed by atoms with Crippen LogP contribution in [0.3, 0.4) is 0 Å². The van der Waals surface area contributed by atoms with E-state index >= 15 is 0 Å². The quantitative estimate of drug-likeness (QED) is 0.502. The molecule has 7 nitrogen and oxygen atoms in total. The van der Waals surface area contributed by atoms with Crippen LogP contribution in [0, 0.1) is 12.7 Å². The smallest absolute Gasteiger partial charge is 0.244 e. The van der Waals surface area contributed by atoms with Crippen molar-refractivity contribution in [3.63, 3.8) is 0 Å². The number of halogens is 1. The van der Waals surface area contributed by atoms with Gasteiger partial charge in [-0.1, -0.05) is 30.3 Å². The second kappa shape index (κ2) is 8.35. The van der Waals surface area contributed by atoms with Gasteiger partial charge in [0, 0.05) is 11.9 Å². The average Bonchev–Trinajstić information content (AvgIpc) is 2.77. The lowest BCUT2D eigenvalue weighted by Crippen LogP contribution is -2.24. The van der Waals surface area contributed by atoms with Gasteiger partial charge in [-0.3, -0.25) is 9.59 Å². The van der Waals surface area contributed by atoms with Gasteiger partial charge >= 0.3 is 0 Å². The maximum atomic E-state index is 13.9. The Bertz CT molecular complexity index is 1500. The Hall–Kier alpha value is -3.85. The van der Waals surface area contributed by atoms with E-state index in [-0.39, 0.29) is 28.2 Å². The zero-order valence-corrected chi connectivity index (χ0v) is 17.8. The Balaban J connectivity index is 1.84. The molecule has 1 N–H and O–H groups in total. The van der Waals surface area contributed by atoms with Crippen molar-refractivity contribution in [3.05, 3.63) is 94.7 Å². The number of hydrogen-bond acceptors (Lipinski definition) is 5. The molecule has 0 aliphatic carbocycles. The van der Waals surface area contributed by atoms with Gasteiger partial charge in [0.1, 0.15) is 22.9 Å². The molecule has 0 aliphatic rings. The fourth-order valence-electron chi connectivity index (χ4n) is 3.28. The highest BCUT2D eigenvalue weighted by molar-refractivity contribution is 7.91. The summed E-state index contributed by atoms with van der Waals surface area (Å²) in [6.45, 7) is 1.33. The molecule has 0 radical (unpaired) electrons. The molecule has 162 valence electrons. The minimum atomic E-state index is -4.15. The minimum Gasteiger partial charge on any atom is -0.322 e. The van der Waals surface area contributed by atoms with E-state index in [9.17, 15) is 22.4 Å². The molecule has 32 heavy (non-hydrogen) atoms. The van der Waals surface area contributed by atoms with Gasteiger partial charge in [-0.2, -0.15) is 0 Å². The minimum absolute atomic E-state index is 0.0101. The molecule has 9 heteroatoms. The van der Waals surface area contributed by atoms with Crippen LogP contribution in [-0.2, 0) is 21.2 Å². The van der Waals surface area contributed by atoms with E-state index in [1.165, 1.54) is 41.0 Å². The SMILES string of the molecule is Cc1ccc2c(=O)c(S(=O)(=O)c3ccccc3)cn(CC(=O)Nc3ccccc3F)c2n1. The molecule has 2 aromatic carbocycles. The van der Waals surface area contributed by atoms with Crippen molar-refractivity contribution in [2.24, 2.45) is 0 Å². The van der Waals surface area contributed by atoms with Crippen molar-refractivity contribution in [2.45, 2.75) is 23.3 Å². The van der Waals surface area contributed by atoms with Gasteiger partial charge in [0.15, 0.2) is 0 Å². The number of aryl methyl sites for hydroxylation is 1. The molecule has 0 saturated carbocycles. The highest BCUT2D eigenvalue weighted by atomic mass is 32.2. The topological polar surface area (TPSA) is 98.1 Å². The maximum Gasteiger partial charge on any atom is 0.244 e. The summed E-state index contributed by atoms with van der Waals surface area (Å²) in [7, 11) is -4.15. The number of amides is 1. The molecule has 2 aromatic heterocycles. The molecule has 4 rings (SSSR count). The van der Waals surface area contributed by atoms with Crippen LogP contribution in [0.5, 0.6) is 0 Å². The Kier molecular flexibility index (Phi) is 5.58. The van der Waals surface area contributed by atoms with E-state index in [4.69, 9.17) is 0 Å². The summed E-state index contributed by atoms with van der Waals surface area (Å²) in [5.41, 5.74) is 0.0239. The van der Waals surface area contributed by atoms with E-state index < -0.39 is 31.9 Å². The van der Waals surface area contributed by atoms with Gasteiger partial charge in [0.05, 0.1) is 16.0 Å². The average molecular weight is 451 g/mol. The van der Waals surface area contributed by atoms with Crippen molar-refractivity contribution in [3.8, 4) is 0 Å². The van der Waals surface area contributed by atoms with E-state index in [2.05, 4.69) is 10.3 Å². The van der Waals surface area contributed by atoms with E-state index in [0.717, 1.165) is 6.20 Å². The Morgan fingerprint density at radius 1 is 1.03 bits per heavy atom. The number of carbonyl (C=O) groups excluding carboxylic acids is 1. The van der Waals surface area contributed by atoms with Crippen LogP contribution in [0.4, 0.5) is 10.1 Å². The van der Waals surface area contributed by atoms with Crippen LogP contribution >= 0.6 is 0 Å². The lowest BCUT2D eigenvalue weighted by molar-refractivity contribution is -0.116. The summed E-state index contributed by atoms with van der Waals surface area (Å²) in [6.07, 6.45) is 1.11. The molecule has 1 amide bonds. The number of anilines is 1. The zero-order valence-electron chi connectivity index (χ0n) is 16.9. The van der Waals surface area contributed by atoms with Crippen molar-refractivity contribution in [2.75, 3.05) is 5.32 Å². The molecular weight excluding hydrogens is 433 g/mol. The summed E-state index contributed by atoms with van der Waals surface area (Å²) in [5, 5.41) is 2.51. The molecule has 0 unspecified atom stereocenters. The van der Waals surface area contributed by atoms with Crippen LogP contribution in [0.15, 0.2) is 87.5 Å². The molecular formula is C23H18FN3O4S. The van der Waals surface area contributed by atoms with Crippen LogP contribution in [0.2, 0.25) is 0 Å². The summed E-state index contributed by atoms with van der Waals surface area (Å²) < 4.78 is 41.5. The standard InChI is InChI=1S/C23H18FN3O4S/c1-15-11-12-17-22(29)20(32(30,31)16-7-3-2-4-8-16)13-27(23(17)25-15)14-21(28)26-19-10-6-5-9-18(19)24/h2-13H,14H2,1H3,(H,26,28). The van der Waals surface area contributed by atoms with Gasteiger partial charge in [0.25, 0.3) is 0 Å². The normalized spacial score (nSPS) is 11.4. The lowest BCUT2D eigenvalue weighted by Gasteiger charge is -2.14. The van der Waals surface area contributed by atoms with E-state index in [0.29, 0.717) is 5.69 Å². The predicted molar refractivity (Wildman–Crippen MR) is 118 cm³/mol. The number of carbonyl (C=O) groups is 1. The number of nitrogens with one attached hydrogen (secondary N) is 1. The summed E-state index contributed by atoms with van der Waals surface area (Å²) in [6, 6.07) is 16.3. The Morgan fingerprint density at radius 2 is 1.72 bits per heavy atom. The Morgan fingerprint density at radius 3 is 2.44 bits per heavy atom. The fourth-order valence-corrected chi connectivity index (χ4v) is 4.67. The van der Waals surface area contributed by atoms with E-state index in [1.54, 1.807) is 37.3 Å². The number of sulfone groups is 1. The van der Waals surface area contributed by atoms with Crippen LogP contribution in [0.25, 0.3) is 11.0 Å². The first-order chi connectivity index (χ1) is 15.3. The number of pyridine rings is 2. The molecule has 0 fully saturated rings. The third-order valence-corrected chi connectivity index (χ3v) is 6.60. The number of benzene rings is 2. The number of para-hydroxylation sites is 1. The fraction of sp³-hybridized carbons (Fsp3) is 0.0870. The van der Waals surface area contributed by atoms with Crippen molar-refractivity contribution in [1.29, 1.82) is 0 Å². The molecule has 2 heterocycles. The van der Waals surface area contributed by atoms with Gasteiger partial charge in [-0.05, 0) is 43.3 Å². The van der Waals surface area contributed by atoms with Gasteiger partial charge in [-0.15, -0.1) is 0 Å². The molecule has 0 aliphatic heterocycles. The summed E-state index contributed by atoms with van der Waals surface area (Å²) in [5.74, 6) is -1.21. The largest absolute Gasteiger partial charge is 0.322 e. The highest BCUT2D eigenvalue weighted by Crippen LogP contribution is 2.21. The molecule has 0 bridgehead atoms. The number of fused-ring (bicyclic) bond motifs is 1. The number of aromatic nitrogens is 2. The predicted octanol–water partition coefficient (Wildman–Crippen LogP) is 3.32. The van der Waals surface area contributed by atoms with Crippen molar-refractivity contribution >= 4 is 32.5 Å². The summed E-state index contributed by atoms with van der Waals surface area (Å²) in [4.78, 5) is 29.5. The second-order valence-corrected chi connectivity index (χ2v) is 9.04. The maximum absolute atomic E-state index is 13.9. The van der Waals surface area contributed by atoms with Crippen LogP contribution < -0.4 is 10.7 Å². The first-order valence-corrected chi connectivity index (χ1v) is 11.1. The van der Waals surface area contributed by atoms with Gasteiger partial charge < -0.3 is 9.88 Å². The number of rotatable bonds is 5. The van der Waals surface area contributed by atoms with Gasteiger partial charge in [0.2, 0.25) is 21.2 Å². The monoisotopic (exact) mass is 451 g/mol. The molecule has 4 aromatic rings. The molecule has 0 saturated heterocycles. The third-order valence-electron chi connectivity index (χ3n) is 4.83. The van der Waals surface area contributed by atoms with Gasteiger partial charge in [-0.25, -0.2) is 17.8 Å². The Labute approximate surface area is 183 Å². The second-order valence-electron chi connectivity index (χ2n) is 7.12. The number of hydrogen-bond donors (Lipinski definition) is 1. The summed E-state index contributed by atoms with van der Waals surface area (Å²) >= 11 is 0. The zero-order chi connectivity index (χ0) is 22.9. The van der Waals surface area contributed by atoms with Crippen molar-refractivity contribution in [1.82, 2.24) is 9.55 Å². The van der Waals surface area contributed by atoms with E-state index in [1.807, 2.05) is 0 Å². The molecule has 0 atom stereocenters. The van der Waals surface area contributed by atoms with Crippen molar-refractivity contribution < 1.29 is 17.6 Å². The highest BCUT2D eigenvalue weighted by Gasteiger charge is 2.24. The molecule has 0 spiro atoms. The first kappa shape index (κ1) is 21.4. The van der Waals surface area contributed by atoms with Crippen LogP contribution in [0.1, 0.15) is 5.69 Å². The van der Waals surface area contributed by atoms with Crippen LogP contribution in [-0.4, -0.2) is 23.9 Å². The first-order valence-electron chi connectivity index (χ1n) is 9.63. The third kappa shape index (κ3) is 4.02. The lowest BCUT2D eigenvalue weighted by atomic mass is 10.2.